The predicted octanol–water partition coefficient (Wildman–Crippen LogP) is 3.33. The van der Waals surface area contributed by atoms with Crippen molar-refractivity contribution in [1.82, 2.24) is 9.80 Å². The number of hydrogen-bond acceptors (Lipinski definition) is 4. The molecule has 1 aliphatic rings. The predicted molar refractivity (Wildman–Crippen MR) is 89.3 cm³/mol. The van der Waals surface area contributed by atoms with Gasteiger partial charge in [-0.3, -0.25) is 4.90 Å². The first-order chi connectivity index (χ1) is 10.6. The SMILES string of the molecule is CCOc1ccc(C(C#N)N2CCN(CC)CC2C)cc1Cl. The monoisotopic (exact) mass is 321 g/mol. The molecule has 2 atom stereocenters. The highest BCUT2D eigenvalue weighted by Gasteiger charge is 2.30. The molecular weight excluding hydrogens is 298 g/mol. The van der Waals surface area contributed by atoms with Gasteiger partial charge in [-0.1, -0.05) is 24.6 Å². The minimum Gasteiger partial charge on any atom is -0.492 e. The maximum atomic E-state index is 9.66. The highest BCUT2D eigenvalue weighted by atomic mass is 35.5. The van der Waals surface area contributed by atoms with Crippen molar-refractivity contribution in [2.24, 2.45) is 0 Å². The van der Waals surface area contributed by atoms with Gasteiger partial charge in [-0.05, 0) is 38.1 Å². The van der Waals surface area contributed by atoms with Crippen LogP contribution < -0.4 is 4.74 Å². The molecule has 0 aliphatic carbocycles. The Morgan fingerprint density at radius 3 is 2.73 bits per heavy atom. The van der Waals surface area contributed by atoms with E-state index in [1.807, 2.05) is 25.1 Å². The Bertz CT molecular complexity index is 543. The van der Waals surface area contributed by atoms with Gasteiger partial charge in [0.25, 0.3) is 0 Å². The average Bonchev–Trinajstić information content (AvgIpc) is 2.52. The molecule has 1 fully saturated rings. The zero-order valence-electron chi connectivity index (χ0n) is 13.6. The summed E-state index contributed by atoms with van der Waals surface area (Å²) < 4.78 is 5.47. The van der Waals surface area contributed by atoms with E-state index in [0.717, 1.165) is 31.7 Å². The Morgan fingerprint density at radius 1 is 1.41 bits per heavy atom. The molecule has 5 heteroatoms. The Kier molecular flexibility index (Phi) is 6.07. The normalized spacial score (nSPS) is 21.3. The van der Waals surface area contributed by atoms with Crippen LogP contribution in [0, 0.1) is 11.3 Å². The molecule has 1 aliphatic heterocycles. The van der Waals surface area contributed by atoms with Crippen molar-refractivity contribution in [3.63, 3.8) is 0 Å². The summed E-state index contributed by atoms with van der Waals surface area (Å²) >= 11 is 6.27. The quantitative estimate of drug-likeness (QED) is 0.834. The summed E-state index contributed by atoms with van der Waals surface area (Å²) in [5.41, 5.74) is 0.938. The maximum absolute atomic E-state index is 9.66. The number of benzene rings is 1. The van der Waals surface area contributed by atoms with E-state index in [9.17, 15) is 5.26 Å². The van der Waals surface area contributed by atoms with Crippen LogP contribution in [0.3, 0.4) is 0 Å². The summed E-state index contributed by atoms with van der Waals surface area (Å²) in [4.78, 5) is 4.68. The molecule has 120 valence electrons. The summed E-state index contributed by atoms with van der Waals surface area (Å²) in [5, 5.41) is 10.2. The number of ether oxygens (including phenoxy) is 1. The highest BCUT2D eigenvalue weighted by molar-refractivity contribution is 6.32. The van der Waals surface area contributed by atoms with Gasteiger partial charge >= 0.3 is 0 Å². The van der Waals surface area contributed by atoms with Crippen LogP contribution in [0.1, 0.15) is 32.4 Å². The number of likely N-dealkylation sites (N-methyl/N-ethyl adjacent to an activating group) is 1. The molecule has 1 aromatic carbocycles. The Labute approximate surface area is 138 Å². The van der Waals surface area contributed by atoms with Gasteiger partial charge in [-0.2, -0.15) is 5.26 Å². The Morgan fingerprint density at radius 2 is 2.18 bits per heavy atom. The van der Waals surface area contributed by atoms with Crippen molar-refractivity contribution in [2.75, 3.05) is 32.8 Å². The molecule has 0 saturated carbocycles. The molecule has 0 N–H and O–H groups in total. The van der Waals surface area contributed by atoms with E-state index in [-0.39, 0.29) is 6.04 Å². The van der Waals surface area contributed by atoms with Gasteiger partial charge in [0.2, 0.25) is 0 Å². The van der Waals surface area contributed by atoms with E-state index in [4.69, 9.17) is 16.3 Å². The van der Waals surface area contributed by atoms with Crippen LogP contribution in [-0.4, -0.2) is 48.6 Å². The van der Waals surface area contributed by atoms with Gasteiger partial charge in [0.05, 0.1) is 17.7 Å². The lowest BCUT2D eigenvalue weighted by molar-refractivity contribution is 0.0683. The second-order valence-corrected chi connectivity index (χ2v) is 6.04. The van der Waals surface area contributed by atoms with Crippen molar-refractivity contribution in [2.45, 2.75) is 32.9 Å². The molecule has 0 spiro atoms. The van der Waals surface area contributed by atoms with Crippen LogP contribution in [0.2, 0.25) is 5.02 Å². The van der Waals surface area contributed by atoms with Gasteiger partial charge in [0.15, 0.2) is 0 Å². The summed E-state index contributed by atoms with van der Waals surface area (Å²) in [6.45, 7) is 10.8. The van der Waals surface area contributed by atoms with Crippen LogP contribution in [0.5, 0.6) is 5.75 Å². The first-order valence-electron chi connectivity index (χ1n) is 7.90. The van der Waals surface area contributed by atoms with Crippen LogP contribution in [0.15, 0.2) is 18.2 Å². The van der Waals surface area contributed by atoms with E-state index in [1.54, 1.807) is 0 Å². The fraction of sp³-hybridized carbons (Fsp3) is 0.588. The number of nitrogens with zero attached hydrogens (tertiary/aromatic N) is 3. The number of halogens is 1. The third-order valence-corrected chi connectivity index (χ3v) is 4.53. The van der Waals surface area contributed by atoms with Crippen molar-refractivity contribution < 1.29 is 4.74 Å². The lowest BCUT2D eigenvalue weighted by Crippen LogP contribution is -2.52. The fourth-order valence-corrected chi connectivity index (χ4v) is 3.26. The number of nitriles is 1. The third kappa shape index (κ3) is 3.73. The molecule has 22 heavy (non-hydrogen) atoms. The standard InChI is InChI=1S/C17H24ClN3O/c1-4-20-8-9-21(13(3)12-20)16(11-19)14-6-7-17(22-5-2)15(18)10-14/h6-7,10,13,16H,4-5,8-9,12H2,1-3H3. The topological polar surface area (TPSA) is 39.5 Å². The van der Waals surface area contributed by atoms with Gasteiger partial charge in [0, 0.05) is 25.7 Å². The molecule has 2 rings (SSSR count). The van der Waals surface area contributed by atoms with Crippen LogP contribution in [0.4, 0.5) is 0 Å². The van der Waals surface area contributed by atoms with E-state index in [0.29, 0.717) is 23.4 Å². The molecule has 1 aromatic rings. The van der Waals surface area contributed by atoms with Crippen molar-refractivity contribution >= 4 is 11.6 Å². The van der Waals surface area contributed by atoms with E-state index in [1.165, 1.54) is 0 Å². The van der Waals surface area contributed by atoms with Gasteiger partial charge in [-0.15, -0.1) is 0 Å². The molecule has 4 nitrogen and oxygen atoms in total. The molecule has 0 aromatic heterocycles. The first-order valence-corrected chi connectivity index (χ1v) is 8.28. The largest absolute Gasteiger partial charge is 0.492 e. The summed E-state index contributed by atoms with van der Waals surface area (Å²) in [6.07, 6.45) is 0. The van der Waals surface area contributed by atoms with E-state index < -0.39 is 0 Å². The first kappa shape index (κ1) is 17.1. The maximum Gasteiger partial charge on any atom is 0.137 e. The molecule has 1 saturated heterocycles. The van der Waals surface area contributed by atoms with Crippen LogP contribution in [-0.2, 0) is 0 Å². The van der Waals surface area contributed by atoms with E-state index in [2.05, 4.69) is 29.7 Å². The van der Waals surface area contributed by atoms with Gasteiger partial charge in [0.1, 0.15) is 11.8 Å². The molecule has 2 unspecified atom stereocenters. The molecule has 0 amide bonds. The number of piperazine rings is 1. The number of hydrogen-bond donors (Lipinski definition) is 0. The fourth-order valence-electron chi connectivity index (χ4n) is 3.02. The lowest BCUT2D eigenvalue weighted by atomic mass is 10.0. The van der Waals surface area contributed by atoms with Crippen molar-refractivity contribution in [3.8, 4) is 11.8 Å². The molecule has 0 radical (unpaired) electrons. The Hall–Kier alpha value is -1.28. The highest BCUT2D eigenvalue weighted by Crippen LogP contribution is 2.31. The lowest BCUT2D eigenvalue weighted by Gasteiger charge is -2.41. The van der Waals surface area contributed by atoms with Crippen LogP contribution >= 0.6 is 11.6 Å². The van der Waals surface area contributed by atoms with Crippen molar-refractivity contribution in [1.29, 1.82) is 5.26 Å². The molecular formula is C17H24ClN3O. The average molecular weight is 322 g/mol. The summed E-state index contributed by atoms with van der Waals surface area (Å²) in [7, 11) is 0. The van der Waals surface area contributed by atoms with E-state index >= 15 is 0 Å². The zero-order chi connectivity index (χ0) is 16.1. The second-order valence-electron chi connectivity index (χ2n) is 5.63. The number of rotatable bonds is 5. The van der Waals surface area contributed by atoms with Gasteiger partial charge < -0.3 is 9.64 Å². The third-order valence-electron chi connectivity index (χ3n) is 4.24. The minimum atomic E-state index is -0.262. The molecule has 0 bridgehead atoms. The molecule has 1 heterocycles. The minimum absolute atomic E-state index is 0.262. The summed E-state index contributed by atoms with van der Waals surface area (Å²) in [5.74, 6) is 0.674. The smallest absolute Gasteiger partial charge is 0.137 e. The van der Waals surface area contributed by atoms with Crippen molar-refractivity contribution in [3.05, 3.63) is 28.8 Å². The zero-order valence-corrected chi connectivity index (χ0v) is 14.3. The summed E-state index contributed by atoms with van der Waals surface area (Å²) in [6, 6.07) is 8.19. The van der Waals surface area contributed by atoms with Gasteiger partial charge in [-0.25, -0.2) is 0 Å². The second kappa shape index (κ2) is 7.82. The van der Waals surface area contributed by atoms with Crippen LogP contribution in [0.25, 0.3) is 0 Å². The Balaban J connectivity index is 2.18.